The highest BCUT2D eigenvalue weighted by molar-refractivity contribution is 7.90. The number of para-hydroxylation sites is 2. The molecule has 1 fully saturated rings. The van der Waals surface area contributed by atoms with Crippen molar-refractivity contribution >= 4 is 37.9 Å². The van der Waals surface area contributed by atoms with Crippen LogP contribution in [0.2, 0.25) is 0 Å². The number of rotatable bonds is 10. The molecule has 0 radical (unpaired) electrons. The van der Waals surface area contributed by atoms with Gasteiger partial charge in [-0.3, -0.25) is 9.47 Å². The molecular weight excluding hydrogens is 649 g/mol. The zero-order valence-corrected chi connectivity index (χ0v) is 28.8. The zero-order valence-electron chi connectivity index (χ0n) is 28.0. The van der Waals surface area contributed by atoms with Crippen molar-refractivity contribution in [2.24, 2.45) is 0 Å². The van der Waals surface area contributed by atoms with E-state index in [9.17, 15) is 18.0 Å². The molecule has 50 heavy (non-hydrogen) atoms. The van der Waals surface area contributed by atoms with E-state index in [-0.39, 0.29) is 29.7 Å². The number of ether oxygens (including phenoxy) is 1. The smallest absolute Gasteiger partial charge is 0.409 e. The number of nitrogens with zero attached hydrogens (tertiary/aromatic N) is 4. The molecule has 5 aromatic carbocycles. The van der Waals surface area contributed by atoms with Crippen molar-refractivity contribution in [1.82, 2.24) is 18.3 Å². The van der Waals surface area contributed by atoms with Gasteiger partial charge in [-0.1, -0.05) is 109 Å². The van der Waals surface area contributed by atoms with Crippen LogP contribution in [0.3, 0.4) is 0 Å². The first-order valence-corrected chi connectivity index (χ1v) is 18.4. The summed E-state index contributed by atoms with van der Waals surface area (Å²) < 4.78 is 36.7. The van der Waals surface area contributed by atoms with Crippen LogP contribution in [0.15, 0.2) is 137 Å². The number of aromatic nitrogens is 2. The van der Waals surface area contributed by atoms with Gasteiger partial charge in [0.15, 0.2) is 0 Å². The van der Waals surface area contributed by atoms with Gasteiger partial charge in [0.1, 0.15) is 6.61 Å². The Kier molecular flexibility index (Phi) is 9.56. The summed E-state index contributed by atoms with van der Waals surface area (Å²) in [5, 5.41) is 1.34. The molecule has 0 saturated carbocycles. The summed E-state index contributed by atoms with van der Waals surface area (Å²) in [6.07, 6.45) is 0.588. The van der Waals surface area contributed by atoms with Gasteiger partial charge in [0, 0.05) is 43.6 Å². The van der Waals surface area contributed by atoms with Gasteiger partial charge in [0.2, 0.25) is 0 Å². The number of hydrogen-bond acceptors (Lipinski definition) is 6. The summed E-state index contributed by atoms with van der Waals surface area (Å²) in [5.74, 6) is 0. The molecule has 10 heteroatoms. The molecular formula is C40H40N4O5S. The lowest BCUT2D eigenvalue weighted by Crippen LogP contribution is -2.43. The summed E-state index contributed by atoms with van der Waals surface area (Å²) in [7, 11) is -4.23. The molecule has 1 amide bonds. The number of carbonyl (C=O) groups excluding carboxylic acids is 1. The van der Waals surface area contributed by atoms with Crippen molar-refractivity contribution in [2.45, 2.75) is 49.8 Å². The van der Waals surface area contributed by atoms with Gasteiger partial charge < -0.3 is 9.64 Å². The highest BCUT2D eigenvalue weighted by atomic mass is 32.2. The van der Waals surface area contributed by atoms with Crippen LogP contribution in [0, 0.1) is 0 Å². The van der Waals surface area contributed by atoms with Gasteiger partial charge in [-0.2, -0.15) is 3.97 Å². The van der Waals surface area contributed by atoms with Crippen LogP contribution in [-0.2, 0) is 27.8 Å². The predicted octanol–water partition coefficient (Wildman–Crippen LogP) is 7.06. The Bertz CT molecular complexity index is 2230. The van der Waals surface area contributed by atoms with Crippen LogP contribution in [-0.4, -0.2) is 58.6 Å². The molecule has 0 bridgehead atoms. The number of imidazole rings is 1. The summed E-state index contributed by atoms with van der Waals surface area (Å²) in [6, 6.07) is 39.5. The molecule has 6 aromatic rings. The Hall–Kier alpha value is -5.19. The first kappa shape index (κ1) is 33.3. The monoisotopic (exact) mass is 688 g/mol. The number of benzene rings is 5. The van der Waals surface area contributed by atoms with E-state index in [0.29, 0.717) is 42.4 Å². The molecule has 0 N–H and O–H groups in total. The lowest BCUT2D eigenvalue weighted by Gasteiger charge is -2.33. The van der Waals surface area contributed by atoms with Crippen LogP contribution in [0.4, 0.5) is 4.79 Å². The summed E-state index contributed by atoms with van der Waals surface area (Å²) in [6.45, 7) is 4.52. The maximum absolute atomic E-state index is 14.2. The molecule has 1 saturated heterocycles. The number of carbonyl (C=O) groups is 1. The average molecular weight is 689 g/mol. The van der Waals surface area contributed by atoms with Crippen molar-refractivity contribution in [3.63, 3.8) is 0 Å². The Morgan fingerprint density at radius 3 is 1.98 bits per heavy atom. The van der Waals surface area contributed by atoms with Crippen LogP contribution in [0.25, 0.3) is 21.8 Å². The Morgan fingerprint density at radius 2 is 1.32 bits per heavy atom. The second kappa shape index (κ2) is 14.3. The maximum atomic E-state index is 14.2. The standard InChI is InChI=1S/C40H40N4O5S/c1-30(42(27-31-13-4-2-5-14-31)28-32-15-6-3-7-16-32)29-49-40(46)41-25-23-34(24-26-41)43-36-20-10-11-21-37(36)44(39(43)45)50(47,48)38-22-12-18-33-17-8-9-19-35(33)38/h2-22,30,34H,23-29H2,1H3/t30-/m1/s1. The molecule has 1 atom stereocenters. The van der Waals surface area contributed by atoms with E-state index < -0.39 is 15.7 Å². The first-order chi connectivity index (χ1) is 24.3. The van der Waals surface area contributed by atoms with Gasteiger partial charge in [-0.25, -0.2) is 18.0 Å². The van der Waals surface area contributed by atoms with E-state index in [1.54, 1.807) is 58.0 Å². The number of likely N-dealkylation sites (tertiary alicyclic amines) is 1. The Balaban J connectivity index is 1.05. The number of piperidine rings is 1. The van der Waals surface area contributed by atoms with Gasteiger partial charge >= 0.3 is 11.8 Å². The number of hydrogen-bond donors (Lipinski definition) is 0. The van der Waals surface area contributed by atoms with Gasteiger partial charge in [-0.15, -0.1) is 0 Å². The van der Waals surface area contributed by atoms with Crippen LogP contribution in [0.1, 0.15) is 36.9 Å². The second-order valence-electron chi connectivity index (χ2n) is 12.9. The summed E-state index contributed by atoms with van der Waals surface area (Å²) in [5.41, 5.74) is 2.64. The SMILES string of the molecule is C[C@H](COC(=O)N1CCC(n2c(=O)n(S(=O)(=O)c3cccc4ccccc34)c3ccccc32)CC1)N(Cc1ccccc1)Cc1ccccc1. The van der Waals surface area contributed by atoms with Gasteiger partial charge in [0.05, 0.1) is 15.9 Å². The van der Waals surface area contributed by atoms with E-state index >= 15 is 0 Å². The first-order valence-electron chi connectivity index (χ1n) is 17.0. The largest absolute Gasteiger partial charge is 0.448 e. The van der Waals surface area contributed by atoms with Crippen molar-refractivity contribution < 1.29 is 17.9 Å². The van der Waals surface area contributed by atoms with Crippen LogP contribution < -0.4 is 5.69 Å². The fourth-order valence-corrected chi connectivity index (χ4v) is 8.56. The molecule has 7 rings (SSSR count). The average Bonchev–Trinajstić information content (AvgIpc) is 3.46. The van der Waals surface area contributed by atoms with Gasteiger partial charge in [-0.05, 0) is 54.5 Å². The predicted molar refractivity (Wildman–Crippen MR) is 196 cm³/mol. The lowest BCUT2D eigenvalue weighted by molar-refractivity contribution is 0.0567. The fourth-order valence-electron chi connectivity index (χ4n) is 6.95. The Labute approximate surface area is 292 Å². The minimum Gasteiger partial charge on any atom is -0.448 e. The van der Waals surface area contributed by atoms with E-state index in [1.807, 2.05) is 54.6 Å². The third-order valence-corrected chi connectivity index (χ3v) is 11.4. The minimum atomic E-state index is -4.23. The fraction of sp³-hybridized carbons (Fsp3) is 0.250. The quantitative estimate of drug-likeness (QED) is 0.153. The molecule has 0 aliphatic carbocycles. The topological polar surface area (TPSA) is 93.8 Å². The van der Waals surface area contributed by atoms with Crippen LogP contribution >= 0.6 is 0 Å². The molecule has 1 aliphatic rings. The van der Waals surface area contributed by atoms with E-state index in [4.69, 9.17) is 4.74 Å². The second-order valence-corrected chi connectivity index (χ2v) is 14.7. The van der Waals surface area contributed by atoms with Crippen molar-refractivity contribution in [1.29, 1.82) is 0 Å². The third-order valence-electron chi connectivity index (χ3n) is 9.62. The molecule has 1 aliphatic heterocycles. The molecule has 9 nitrogen and oxygen atoms in total. The highest BCUT2D eigenvalue weighted by Gasteiger charge is 2.32. The maximum Gasteiger partial charge on any atom is 0.409 e. The van der Waals surface area contributed by atoms with Crippen molar-refractivity contribution in [3.8, 4) is 0 Å². The van der Waals surface area contributed by atoms with Crippen LogP contribution in [0.5, 0.6) is 0 Å². The lowest BCUT2D eigenvalue weighted by atomic mass is 10.0. The van der Waals surface area contributed by atoms with E-state index in [0.717, 1.165) is 22.4 Å². The van der Waals surface area contributed by atoms with E-state index in [1.165, 1.54) is 11.1 Å². The van der Waals surface area contributed by atoms with E-state index in [2.05, 4.69) is 36.1 Å². The minimum absolute atomic E-state index is 0.0368. The van der Waals surface area contributed by atoms with Crippen molar-refractivity contribution in [2.75, 3.05) is 19.7 Å². The van der Waals surface area contributed by atoms with Crippen molar-refractivity contribution in [3.05, 3.63) is 149 Å². The molecule has 1 aromatic heterocycles. The summed E-state index contributed by atoms with van der Waals surface area (Å²) >= 11 is 0. The summed E-state index contributed by atoms with van der Waals surface area (Å²) in [4.78, 5) is 31.5. The highest BCUT2D eigenvalue weighted by Crippen LogP contribution is 2.30. The third kappa shape index (κ3) is 6.68. The molecule has 0 unspecified atom stereocenters. The van der Waals surface area contributed by atoms with Gasteiger partial charge in [0.25, 0.3) is 10.0 Å². The zero-order chi connectivity index (χ0) is 34.7. The number of fused-ring (bicyclic) bond motifs is 2. The molecule has 0 spiro atoms. The molecule has 2 heterocycles. The molecule has 256 valence electrons. The Morgan fingerprint density at radius 1 is 0.760 bits per heavy atom. The number of amides is 1. The normalized spacial score (nSPS) is 14.7.